The predicted octanol–water partition coefficient (Wildman–Crippen LogP) is 3.07. The normalized spacial score (nSPS) is 12.0. The lowest BCUT2D eigenvalue weighted by atomic mass is 9.81. The van der Waals surface area contributed by atoms with Gasteiger partial charge in [0.15, 0.2) is 0 Å². The molecule has 2 aromatic rings. The molecule has 0 aliphatic rings. The minimum atomic E-state index is -0.853. The van der Waals surface area contributed by atoms with Crippen molar-refractivity contribution >= 4 is 16.9 Å². The topological polar surface area (TPSA) is 42.2 Å². The van der Waals surface area contributed by atoms with E-state index in [9.17, 15) is 9.18 Å². The molecule has 18 heavy (non-hydrogen) atoms. The molecule has 4 heteroatoms. The van der Waals surface area contributed by atoms with E-state index in [2.05, 4.69) is 0 Å². The third kappa shape index (κ3) is 1.98. The van der Waals surface area contributed by atoms with Crippen LogP contribution in [0.15, 0.2) is 24.4 Å². The number of aromatic nitrogens is 1. The van der Waals surface area contributed by atoms with Crippen LogP contribution in [-0.4, -0.2) is 15.6 Å². The highest BCUT2D eigenvalue weighted by atomic mass is 19.1. The molecule has 2 rings (SSSR count). The Balaban J connectivity index is 2.66. The zero-order chi connectivity index (χ0) is 13.5. The van der Waals surface area contributed by atoms with E-state index < -0.39 is 11.4 Å². The van der Waals surface area contributed by atoms with Crippen LogP contribution in [0.25, 0.3) is 10.9 Å². The second kappa shape index (κ2) is 4.12. The molecule has 0 spiro atoms. The quantitative estimate of drug-likeness (QED) is 0.908. The van der Waals surface area contributed by atoms with Crippen LogP contribution in [0.1, 0.15) is 25.8 Å². The molecule has 1 N–H and O–H groups in total. The van der Waals surface area contributed by atoms with Crippen molar-refractivity contribution in [3.05, 3.63) is 35.8 Å². The molecular weight excluding hydrogens is 233 g/mol. The van der Waals surface area contributed by atoms with Crippen molar-refractivity contribution in [1.82, 2.24) is 4.57 Å². The second-order valence-electron chi connectivity index (χ2n) is 5.24. The van der Waals surface area contributed by atoms with Crippen molar-refractivity contribution in [2.24, 2.45) is 7.05 Å². The fraction of sp³-hybridized carbons (Fsp3) is 0.357. The Morgan fingerprint density at radius 1 is 1.44 bits per heavy atom. The van der Waals surface area contributed by atoms with Gasteiger partial charge in [-0.1, -0.05) is 26.0 Å². The molecule has 0 radical (unpaired) electrons. The molecule has 0 aliphatic heterocycles. The molecule has 0 amide bonds. The molecule has 0 unspecified atom stereocenters. The van der Waals surface area contributed by atoms with Crippen molar-refractivity contribution in [2.45, 2.75) is 25.7 Å². The highest BCUT2D eigenvalue weighted by molar-refractivity contribution is 5.86. The van der Waals surface area contributed by atoms with Gasteiger partial charge in [-0.15, -0.1) is 0 Å². The van der Waals surface area contributed by atoms with E-state index in [0.29, 0.717) is 5.52 Å². The first-order chi connectivity index (χ1) is 8.33. The van der Waals surface area contributed by atoms with E-state index in [1.54, 1.807) is 17.7 Å². The predicted molar refractivity (Wildman–Crippen MR) is 68.2 cm³/mol. The first-order valence-corrected chi connectivity index (χ1v) is 5.79. The van der Waals surface area contributed by atoms with Gasteiger partial charge < -0.3 is 9.67 Å². The number of halogens is 1. The number of carboxylic acids is 1. The van der Waals surface area contributed by atoms with Crippen LogP contribution in [0.2, 0.25) is 0 Å². The van der Waals surface area contributed by atoms with Crippen molar-refractivity contribution in [3.63, 3.8) is 0 Å². The van der Waals surface area contributed by atoms with E-state index >= 15 is 0 Å². The fourth-order valence-corrected chi connectivity index (χ4v) is 2.43. The molecule has 1 aromatic heterocycles. The van der Waals surface area contributed by atoms with Gasteiger partial charge in [0.2, 0.25) is 0 Å². The van der Waals surface area contributed by atoms with Gasteiger partial charge in [-0.25, -0.2) is 4.39 Å². The monoisotopic (exact) mass is 249 g/mol. The fourth-order valence-electron chi connectivity index (χ4n) is 2.43. The smallest absolute Gasteiger partial charge is 0.304 e. The maximum atomic E-state index is 13.8. The lowest BCUT2D eigenvalue weighted by molar-refractivity contribution is -0.138. The Morgan fingerprint density at radius 3 is 2.72 bits per heavy atom. The second-order valence-corrected chi connectivity index (χ2v) is 5.24. The van der Waals surface area contributed by atoms with Crippen molar-refractivity contribution in [3.8, 4) is 0 Å². The van der Waals surface area contributed by atoms with Gasteiger partial charge in [0.25, 0.3) is 0 Å². The Hall–Kier alpha value is -1.84. The third-order valence-electron chi connectivity index (χ3n) is 3.27. The summed E-state index contributed by atoms with van der Waals surface area (Å²) in [5.74, 6) is -1.14. The number of benzene rings is 1. The first-order valence-electron chi connectivity index (χ1n) is 5.79. The summed E-state index contributed by atoms with van der Waals surface area (Å²) in [6.07, 6.45) is 1.83. The summed E-state index contributed by atoms with van der Waals surface area (Å²) in [4.78, 5) is 10.9. The Morgan fingerprint density at radius 2 is 2.11 bits per heavy atom. The lowest BCUT2D eigenvalue weighted by Gasteiger charge is -2.22. The summed E-state index contributed by atoms with van der Waals surface area (Å²) in [6.45, 7) is 3.72. The minimum absolute atomic E-state index is 0.0165. The van der Waals surface area contributed by atoms with Crippen LogP contribution in [0.5, 0.6) is 0 Å². The number of aryl methyl sites for hydroxylation is 1. The molecule has 0 aliphatic carbocycles. The molecular formula is C14H16FNO2. The Bertz CT molecular complexity index is 614. The standard InChI is InChI=1S/C14H16FNO2/c1-14(2,7-12(17)18)10-8-16(3)13-9(10)5-4-6-11(13)15/h4-6,8H,7H2,1-3H3,(H,17,18). The molecule has 96 valence electrons. The largest absolute Gasteiger partial charge is 0.481 e. The number of para-hydroxylation sites is 1. The number of hydrogen-bond acceptors (Lipinski definition) is 1. The SMILES string of the molecule is Cn1cc(C(C)(C)CC(=O)O)c2cccc(F)c21. The average Bonchev–Trinajstić information content (AvgIpc) is 2.56. The van der Waals surface area contributed by atoms with Crippen LogP contribution >= 0.6 is 0 Å². The van der Waals surface area contributed by atoms with Crippen LogP contribution < -0.4 is 0 Å². The highest BCUT2D eigenvalue weighted by Gasteiger charge is 2.28. The summed E-state index contributed by atoms with van der Waals surface area (Å²) in [7, 11) is 1.77. The zero-order valence-corrected chi connectivity index (χ0v) is 10.7. The minimum Gasteiger partial charge on any atom is -0.481 e. The summed E-state index contributed by atoms with van der Waals surface area (Å²) in [5, 5.41) is 9.74. The molecule has 1 aromatic carbocycles. The number of rotatable bonds is 3. The van der Waals surface area contributed by atoms with E-state index in [4.69, 9.17) is 5.11 Å². The van der Waals surface area contributed by atoms with E-state index in [0.717, 1.165) is 10.9 Å². The maximum Gasteiger partial charge on any atom is 0.304 e. The van der Waals surface area contributed by atoms with Gasteiger partial charge in [-0.05, 0) is 11.6 Å². The van der Waals surface area contributed by atoms with Crippen LogP contribution in [-0.2, 0) is 17.3 Å². The van der Waals surface area contributed by atoms with Crippen molar-refractivity contribution in [2.75, 3.05) is 0 Å². The van der Waals surface area contributed by atoms with E-state index in [-0.39, 0.29) is 12.2 Å². The summed E-state index contributed by atoms with van der Waals surface area (Å²) in [6, 6.07) is 4.89. The van der Waals surface area contributed by atoms with E-state index in [1.807, 2.05) is 26.1 Å². The third-order valence-corrected chi connectivity index (χ3v) is 3.27. The number of nitrogens with zero attached hydrogens (tertiary/aromatic N) is 1. The summed E-state index contributed by atoms with van der Waals surface area (Å²) in [5.41, 5.74) is 0.854. The van der Waals surface area contributed by atoms with Gasteiger partial charge >= 0.3 is 5.97 Å². The van der Waals surface area contributed by atoms with Crippen LogP contribution in [0.3, 0.4) is 0 Å². The molecule has 0 saturated carbocycles. The number of fused-ring (bicyclic) bond motifs is 1. The average molecular weight is 249 g/mol. The van der Waals surface area contributed by atoms with Crippen molar-refractivity contribution < 1.29 is 14.3 Å². The highest BCUT2D eigenvalue weighted by Crippen LogP contribution is 2.34. The van der Waals surface area contributed by atoms with Gasteiger partial charge in [-0.3, -0.25) is 4.79 Å². The van der Waals surface area contributed by atoms with Gasteiger partial charge in [0.1, 0.15) is 5.82 Å². The van der Waals surface area contributed by atoms with Gasteiger partial charge in [-0.2, -0.15) is 0 Å². The van der Waals surface area contributed by atoms with E-state index in [1.165, 1.54) is 6.07 Å². The van der Waals surface area contributed by atoms with Gasteiger partial charge in [0.05, 0.1) is 11.9 Å². The maximum absolute atomic E-state index is 13.8. The van der Waals surface area contributed by atoms with Crippen LogP contribution in [0, 0.1) is 5.82 Å². The van der Waals surface area contributed by atoms with Gasteiger partial charge in [0, 0.05) is 24.0 Å². The molecule has 0 bridgehead atoms. The zero-order valence-electron chi connectivity index (χ0n) is 10.7. The molecule has 0 atom stereocenters. The van der Waals surface area contributed by atoms with Crippen LogP contribution in [0.4, 0.5) is 4.39 Å². The summed E-state index contributed by atoms with van der Waals surface area (Å²) >= 11 is 0. The number of carbonyl (C=O) groups is 1. The molecule has 3 nitrogen and oxygen atoms in total. The number of hydrogen-bond donors (Lipinski definition) is 1. The van der Waals surface area contributed by atoms with Crippen molar-refractivity contribution in [1.29, 1.82) is 0 Å². The molecule has 0 saturated heterocycles. The molecule has 0 fully saturated rings. The first kappa shape index (κ1) is 12.6. The Kier molecular flexibility index (Phi) is 2.89. The lowest BCUT2D eigenvalue weighted by Crippen LogP contribution is -2.21. The number of aliphatic carboxylic acids is 1. The molecule has 1 heterocycles. The number of carboxylic acid groups (broad SMARTS) is 1. The Labute approximate surface area is 105 Å². The summed E-state index contributed by atoms with van der Waals surface area (Å²) < 4.78 is 15.5.